The van der Waals surface area contributed by atoms with E-state index >= 15 is 0 Å². The molecule has 0 saturated carbocycles. The van der Waals surface area contributed by atoms with Crippen LogP contribution in [-0.4, -0.2) is 29.6 Å². The molecule has 2 rings (SSSR count). The Labute approximate surface area is 111 Å². The Morgan fingerprint density at radius 3 is 2.61 bits per heavy atom. The van der Waals surface area contributed by atoms with Crippen LogP contribution in [0.25, 0.3) is 0 Å². The predicted molar refractivity (Wildman–Crippen MR) is 77.7 cm³/mol. The maximum atomic E-state index is 3.55. The highest BCUT2D eigenvalue weighted by atomic mass is 15.2. The molecule has 0 spiro atoms. The van der Waals surface area contributed by atoms with Gasteiger partial charge in [-0.2, -0.15) is 0 Å². The Hall–Kier alpha value is -0.860. The molecule has 1 aromatic rings. The number of nitrogens with zero attached hydrogens (tertiary/aromatic N) is 1. The third-order valence-corrected chi connectivity index (χ3v) is 4.08. The summed E-state index contributed by atoms with van der Waals surface area (Å²) >= 11 is 0. The second kappa shape index (κ2) is 5.41. The van der Waals surface area contributed by atoms with Crippen LogP contribution in [0.15, 0.2) is 24.3 Å². The van der Waals surface area contributed by atoms with E-state index in [2.05, 4.69) is 62.2 Å². The molecule has 1 aliphatic heterocycles. The van der Waals surface area contributed by atoms with E-state index in [9.17, 15) is 0 Å². The van der Waals surface area contributed by atoms with E-state index in [0.717, 1.165) is 19.6 Å². The van der Waals surface area contributed by atoms with E-state index in [4.69, 9.17) is 0 Å². The third kappa shape index (κ3) is 3.12. The summed E-state index contributed by atoms with van der Waals surface area (Å²) in [5.41, 5.74) is 2.98. The second-order valence-electron chi connectivity index (χ2n) is 6.24. The fourth-order valence-electron chi connectivity index (χ4n) is 2.82. The van der Waals surface area contributed by atoms with Gasteiger partial charge in [-0.05, 0) is 46.2 Å². The SMILES string of the molecule is Cc1ccc(CN2C(C)CCNCC2(C)C)cc1. The van der Waals surface area contributed by atoms with Gasteiger partial charge in [-0.3, -0.25) is 4.90 Å². The molecule has 2 heteroatoms. The molecule has 0 bridgehead atoms. The molecule has 1 fully saturated rings. The standard InChI is InChI=1S/C16H26N2/c1-13-5-7-15(8-6-13)11-18-14(2)9-10-17-12-16(18,3)4/h5-8,14,17H,9-12H2,1-4H3. The van der Waals surface area contributed by atoms with Crippen LogP contribution in [0.4, 0.5) is 0 Å². The quantitative estimate of drug-likeness (QED) is 0.863. The number of hydrogen-bond acceptors (Lipinski definition) is 2. The Kier molecular flexibility index (Phi) is 4.08. The van der Waals surface area contributed by atoms with Crippen LogP contribution >= 0.6 is 0 Å². The lowest BCUT2D eigenvalue weighted by molar-refractivity contribution is 0.0798. The molecule has 2 nitrogen and oxygen atoms in total. The van der Waals surface area contributed by atoms with Gasteiger partial charge in [0.1, 0.15) is 0 Å². The van der Waals surface area contributed by atoms with Gasteiger partial charge in [0.25, 0.3) is 0 Å². The topological polar surface area (TPSA) is 15.3 Å². The van der Waals surface area contributed by atoms with Crippen molar-refractivity contribution >= 4 is 0 Å². The first-order valence-corrected chi connectivity index (χ1v) is 7.02. The van der Waals surface area contributed by atoms with Gasteiger partial charge in [-0.15, -0.1) is 0 Å². The van der Waals surface area contributed by atoms with Crippen molar-refractivity contribution in [1.29, 1.82) is 0 Å². The molecule has 0 amide bonds. The highest BCUT2D eigenvalue weighted by Crippen LogP contribution is 2.24. The van der Waals surface area contributed by atoms with Gasteiger partial charge in [-0.1, -0.05) is 29.8 Å². The van der Waals surface area contributed by atoms with Crippen LogP contribution in [0.2, 0.25) is 0 Å². The van der Waals surface area contributed by atoms with Gasteiger partial charge in [-0.25, -0.2) is 0 Å². The first-order valence-electron chi connectivity index (χ1n) is 7.02. The van der Waals surface area contributed by atoms with Crippen molar-refractivity contribution in [3.8, 4) is 0 Å². The Balaban J connectivity index is 2.15. The zero-order valence-electron chi connectivity index (χ0n) is 12.2. The molecule has 1 unspecified atom stereocenters. The maximum absolute atomic E-state index is 3.55. The number of benzene rings is 1. The summed E-state index contributed by atoms with van der Waals surface area (Å²) < 4.78 is 0. The Bertz CT molecular complexity index is 381. The van der Waals surface area contributed by atoms with E-state index in [-0.39, 0.29) is 5.54 Å². The number of hydrogen-bond donors (Lipinski definition) is 1. The monoisotopic (exact) mass is 246 g/mol. The summed E-state index contributed by atoms with van der Waals surface area (Å²) in [5, 5.41) is 3.55. The zero-order chi connectivity index (χ0) is 13.2. The minimum atomic E-state index is 0.223. The summed E-state index contributed by atoms with van der Waals surface area (Å²) in [6.07, 6.45) is 1.23. The van der Waals surface area contributed by atoms with Crippen LogP contribution in [0.3, 0.4) is 0 Å². The average molecular weight is 246 g/mol. The van der Waals surface area contributed by atoms with Gasteiger partial charge in [0, 0.05) is 24.7 Å². The van der Waals surface area contributed by atoms with Gasteiger partial charge in [0.05, 0.1) is 0 Å². The van der Waals surface area contributed by atoms with Crippen molar-refractivity contribution in [1.82, 2.24) is 10.2 Å². The average Bonchev–Trinajstić information content (AvgIpc) is 2.44. The van der Waals surface area contributed by atoms with Crippen molar-refractivity contribution in [3.63, 3.8) is 0 Å². The molecule has 0 aliphatic carbocycles. The van der Waals surface area contributed by atoms with Gasteiger partial charge >= 0.3 is 0 Å². The van der Waals surface area contributed by atoms with Crippen molar-refractivity contribution in [2.24, 2.45) is 0 Å². The number of rotatable bonds is 2. The fourth-order valence-corrected chi connectivity index (χ4v) is 2.82. The minimum Gasteiger partial charge on any atom is -0.315 e. The summed E-state index contributed by atoms with van der Waals surface area (Å²) in [5.74, 6) is 0. The van der Waals surface area contributed by atoms with Gasteiger partial charge < -0.3 is 5.32 Å². The molecule has 1 N–H and O–H groups in total. The molecule has 0 aromatic heterocycles. The summed E-state index contributed by atoms with van der Waals surface area (Å²) in [7, 11) is 0. The normalized spacial score (nSPS) is 24.8. The van der Waals surface area contributed by atoms with Gasteiger partial charge in [0.15, 0.2) is 0 Å². The van der Waals surface area contributed by atoms with Gasteiger partial charge in [0.2, 0.25) is 0 Å². The zero-order valence-corrected chi connectivity index (χ0v) is 12.2. The molecular formula is C16H26N2. The molecule has 100 valence electrons. The highest BCUT2D eigenvalue weighted by Gasteiger charge is 2.32. The summed E-state index contributed by atoms with van der Waals surface area (Å²) in [6.45, 7) is 12.4. The summed E-state index contributed by atoms with van der Waals surface area (Å²) in [6, 6.07) is 9.58. The van der Waals surface area contributed by atoms with Crippen molar-refractivity contribution in [2.75, 3.05) is 13.1 Å². The largest absolute Gasteiger partial charge is 0.315 e. The molecule has 18 heavy (non-hydrogen) atoms. The lowest BCUT2D eigenvalue weighted by Gasteiger charge is -2.40. The van der Waals surface area contributed by atoms with Crippen LogP contribution in [0, 0.1) is 6.92 Å². The highest BCUT2D eigenvalue weighted by molar-refractivity contribution is 5.21. The fraction of sp³-hybridized carbons (Fsp3) is 0.625. The van der Waals surface area contributed by atoms with Crippen LogP contribution in [0.1, 0.15) is 38.3 Å². The number of aryl methyl sites for hydroxylation is 1. The number of nitrogens with one attached hydrogen (secondary N) is 1. The molecule has 1 atom stereocenters. The third-order valence-electron chi connectivity index (χ3n) is 4.08. The molecule has 1 heterocycles. The first kappa shape index (κ1) is 13.6. The molecule has 0 radical (unpaired) electrons. The maximum Gasteiger partial charge on any atom is 0.0284 e. The predicted octanol–water partition coefficient (Wildman–Crippen LogP) is 2.96. The van der Waals surface area contributed by atoms with Crippen LogP contribution in [0.5, 0.6) is 0 Å². The molecule has 1 aliphatic rings. The lowest BCUT2D eigenvalue weighted by atomic mass is 9.99. The van der Waals surface area contributed by atoms with Crippen LogP contribution < -0.4 is 5.32 Å². The lowest BCUT2D eigenvalue weighted by Crippen LogP contribution is -2.50. The first-order chi connectivity index (χ1) is 8.49. The van der Waals surface area contributed by atoms with Crippen molar-refractivity contribution in [2.45, 2.75) is 52.2 Å². The minimum absolute atomic E-state index is 0.223. The Morgan fingerprint density at radius 1 is 1.28 bits per heavy atom. The van der Waals surface area contributed by atoms with Crippen LogP contribution in [-0.2, 0) is 6.54 Å². The molecule has 1 saturated heterocycles. The molecule has 1 aromatic carbocycles. The van der Waals surface area contributed by atoms with E-state index in [1.807, 2.05) is 0 Å². The Morgan fingerprint density at radius 2 is 1.94 bits per heavy atom. The van der Waals surface area contributed by atoms with Crippen molar-refractivity contribution < 1.29 is 0 Å². The van der Waals surface area contributed by atoms with Crippen molar-refractivity contribution in [3.05, 3.63) is 35.4 Å². The van der Waals surface area contributed by atoms with E-state index in [1.54, 1.807) is 0 Å². The van der Waals surface area contributed by atoms with E-state index in [1.165, 1.54) is 17.5 Å². The molecular weight excluding hydrogens is 220 g/mol. The second-order valence-corrected chi connectivity index (χ2v) is 6.24. The summed E-state index contributed by atoms with van der Waals surface area (Å²) in [4.78, 5) is 2.64. The van der Waals surface area contributed by atoms with E-state index in [0.29, 0.717) is 6.04 Å². The van der Waals surface area contributed by atoms with E-state index < -0.39 is 0 Å². The smallest absolute Gasteiger partial charge is 0.0284 e.